The Labute approximate surface area is 153 Å². The summed E-state index contributed by atoms with van der Waals surface area (Å²) in [6.45, 7) is 4.46. The lowest BCUT2D eigenvalue weighted by molar-refractivity contribution is -0.124. The van der Waals surface area contributed by atoms with E-state index in [0.717, 1.165) is 39.0 Å². The molecule has 1 saturated heterocycles. The maximum absolute atomic E-state index is 12.5. The molecular formula is C20H25N3OS. The lowest BCUT2D eigenvalue weighted by atomic mass is 10.0. The molecule has 0 radical (unpaired) electrons. The normalized spacial score (nSPS) is 21.7. The molecule has 5 heteroatoms. The van der Waals surface area contributed by atoms with Gasteiger partial charge in [-0.1, -0.05) is 30.3 Å². The van der Waals surface area contributed by atoms with Crippen LogP contribution in [-0.4, -0.2) is 37.0 Å². The summed E-state index contributed by atoms with van der Waals surface area (Å²) < 4.78 is 0. The molecule has 25 heavy (non-hydrogen) atoms. The summed E-state index contributed by atoms with van der Waals surface area (Å²) in [5, 5.41) is 8.69. The Morgan fingerprint density at radius 1 is 1.32 bits per heavy atom. The van der Waals surface area contributed by atoms with Gasteiger partial charge in [0.05, 0.1) is 12.0 Å². The van der Waals surface area contributed by atoms with Crippen molar-refractivity contribution in [1.29, 1.82) is 0 Å². The number of carbonyl (C=O) groups excluding carboxylic acids is 1. The van der Waals surface area contributed by atoms with Crippen molar-refractivity contribution in [3.8, 4) is 0 Å². The molecule has 2 aliphatic rings. The van der Waals surface area contributed by atoms with Gasteiger partial charge in [-0.2, -0.15) is 0 Å². The van der Waals surface area contributed by atoms with Crippen LogP contribution in [0.15, 0.2) is 41.8 Å². The van der Waals surface area contributed by atoms with Crippen LogP contribution in [0.1, 0.15) is 28.5 Å². The van der Waals surface area contributed by atoms with Crippen LogP contribution in [0.5, 0.6) is 0 Å². The summed E-state index contributed by atoms with van der Waals surface area (Å²) in [6.07, 6.45) is 2.06. The van der Waals surface area contributed by atoms with E-state index in [1.54, 1.807) is 0 Å². The first-order valence-corrected chi connectivity index (χ1v) is 10.0. The highest BCUT2D eigenvalue weighted by atomic mass is 32.1. The molecule has 1 amide bonds. The molecule has 2 aromatic rings. The van der Waals surface area contributed by atoms with E-state index in [1.165, 1.54) is 16.0 Å². The van der Waals surface area contributed by atoms with E-state index in [-0.39, 0.29) is 17.9 Å². The number of benzene rings is 1. The first-order chi connectivity index (χ1) is 12.3. The Balaban J connectivity index is 1.48. The topological polar surface area (TPSA) is 44.4 Å². The van der Waals surface area contributed by atoms with Crippen LogP contribution >= 0.6 is 11.3 Å². The van der Waals surface area contributed by atoms with Gasteiger partial charge in [0.25, 0.3) is 0 Å². The Kier molecular flexibility index (Phi) is 5.15. The summed E-state index contributed by atoms with van der Waals surface area (Å²) in [4.78, 5) is 16.5. The monoisotopic (exact) mass is 355 g/mol. The molecule has 3 heterocycles. The van der Waals surface area contributed by atoms with Gasteiger partial charge in [0.2, 0.25) is 5.91 Å². The zero-order valence-electron chi connectivity index (χ0n) is 14.4. The molecule has 0 saturated carbocycles. The number of hydrogen-bond donors (Lipinski definition) is 2. The van der Waals surface area contributed by atoms with Crippen LogP contribution in [0.25, 0.3) is 0 Å². The summed E-state index contributed by atoms with van der Waals surface area (Å²) in [5.74, 6) is 0.320. The van der Waals surface area contributed by atoms with Gasteiger partial charge in [0, 0.05) is 31.1 Å². The van der Waals surface area contributed by atoms with Crippen LogP contribution in [0.2, 0.25) is 0 Å². The first-order valence-electron chi connectivity index (χ1n) is 9.14. The molecule has 2 N–H and O–H groups in total. The van der Waals surface area contributed by atoms with Gasteiger partial charge in [-0.25, -0.2) is 0 Å². The van der Waals surface area contributed by atoms with E-state index in [4.69, 9.17) is 0 Å². The third-order valence-electron chi connectivity index (χ3n) is 5.36. The molecule has 0 bridgehead atoms. The van der Waals surface area contributed by atoms with Gasteiger partial charge in [-0.3, -0.25) is 9.69 Å². The highest BCUT2D eigenvalue weighted by Crippen LogP contribution is 2.30. The Morgan fingerprint density at radius 2 is 2.20 bits per heavy atom. The van der Waals surface area contributed by atoms with Gasteiger partial charge in [-0.15, -0.1) is 11.3 Å². The van der Waals surface area contributed by atoms with Crippen molar-refractivity contribution in [2.75, 3.05) is 26.2 Å². The fraction of sp³-hybridized carbons (Fsp3) is 0.450. The van der Waals surface area contributed by atoms with Crippen molar-refractivity contribution >= 4 is 17.2 Å². The maximum Gasteiger partial charge on any atom is 0.224 e. The van der Waals surface area contributed by atoms with E-state index in [1.807, 2.05) is 11.3 Å². The quantitative estimate of drug-likeness (QED) is 0.866. The Morgan fingerprint density at radius 3 is 3.00 bits per heavy atom. The second-order valence-corrected chi connectivity index (χ2v) is 7.95. The lowest BCUT2D eigenvalue weighted by Crippen LogP contribution is -2.42. The van der Waals surface area contributed by atoms with Gasteiger partial charge in [0.15, 0.2) is 0 Å². The smallest absolute Gasteiger partial charge is 0.224 e. The second kappa shape index (κ2) is 7.68. The standard InChI is InChI=1S/C20H25N3OS/c24-20(16-6-9-21-12-16)22-13-18(15-4-2-1-3-5-15)23-10-7-19-17(14-23)8-11-25-19/h1-5,8,11,16,18,21H,6-7,9-10,12-14H2,(H,22,24). The average molecular weight is 356 g/mol. The molecule has 1 aromatic heterocycles. The predicted molar refractivity (Wildman–Crippen MR) is 102 cm³/mol. The van der Waals surface area contributed by atoms with Crippen molar-refractivity contribution in [1.82, 2.24) is 15.5 Å². The minimum atomic E-state index is 0.126. The van der Waals surface area contributed by atoms with E-state index in [0.29, 0.717) is 6.54 Å². The van der Waals surface area contributed by atoms with Gasteiger partial charge in [0.1, 0.15) is 0 Å². The number of rotatable bonds is 5. The number of fused-ring (bicyclic) bond motifs is 1. The average Bonchev–Trinajstić information content (AvgIpc) is 3.34. The highest BCUT2D eigenvalue weighted by Gasteiger charge is 2.27. The summed E-state index contributed by atoms with van der Waals surface area (Å²) >= 11 is 1.87. The minimum absolute atomic E-state index is 0.126. The van der Waals surface area contributed by atoms with Gasteiger partial charge < -0.3 is 10.6 Å². The molecule has 0 aliphatic carbocycles. The second-order valence-electron chi connectivity index (χ2n) is 6.95. The number of amides is 1. The Bertz CT molecular complexity index is 709. The molecule has 2 atom stereocenters. The number of nitrogens with zero attached hydrogens (tertiary/aromatic N) is 1. The fourth-order valence-electron chi connectivity index (χ4n) is 3.89. The summed E-state index contributed by atoms with van der Waals surface area (Å²) in [6, 6.07) is 13.1. The van der Waals surface area contributed by atoms with Gasteiger partial charge in [-0.05, 0) is 42.0 Å². The van der Waals surface area contributed by atoms with Crippen molar-refractivity contribution in [3.63, 3.8) is 0 Å². The summed E-state index contributed by atoms with van der Waals surface area (Å²) in [7, 11) is 0. The molecular weight excluding hydrogens is 330 g/mol. The SMILES string of the molecule is O=C(NCC(c1ccccc1)N1CCc2sccc2C1)C1CCNC1. The van der Waals surface area contributed by atoms with E-state index in [9.17, 15) is 4.79 Å². The molecule has 1 fully saturated rings. The fourth-order valence-corrected chi connectivity index (χ4v) is 4.78. The zero-order valence-corrected chi connectivity index (χ0v) is 15.2. The number of thiophene rings is 1. The molecule has 4 nitrogen and oxygen atoms in total. The molecule has 2 unspecified atom stereocenters. The molecule has 0 spiro atoms. The highest BCUT2D eigenvalue weighted by molar-refractivity contribution is 7.10. The van der Waals surface area contributed by atoms with E-state index >= 15 is 0 Å². The van der Waals surface area contributed by atoms with Crippen molar-refractivity contribution < 1.29 is 4.79 Å². The van der Waals surface area contributed by atoms with Crippen molar-refractivity contribution in [2.45, 2.75) is 25.4 Å². The van der Waals surface area contributed by atoms with Crippen molar-refractivity contribution in [3.05, 3.63) is 57.8 Å². The molecule has 2 aliphatic heterocycles. The number of nitrogens with one attached hydrogen (secondary N) is 2. The van der Waals surface area contributed by atoms with Crippen LogP contribution in [0, 0.1) is 5.92 Å². The number of carbonyl (C=O) groups is 1. The third kappa shape index (κ3) is 3.78. The lowest BCUT2D eigenvalue weighted by Gasteiger charge is -2.35. The zero-order chi connectivity index (χ0) is 17.1. The predicted octanol–water partition coefficient (Wildman–Crippen LogP) is 2.57. The van der Waals surface area contributed by atoms with Crippen LogP contribution < -0.4 is 10.6 Å². The van der Waals surface area contributed by atoms with E-state index < -0.39 is 0 Å². The first kappa shape index (κ1) is 16.8. The molecule has 4 rings (SSSR count). The molecule has 132 valence electrons. The Hall–Kier alpha value is -1.69. The maximum atomic E-state index is 12.5. The van der Waals surface area contributed by atoms with Crippen LogP contribution in [-0.2, 0) is 17.8 Å². The van der Waals surface area contributed by atoms with Crippen LogP contribution in [0.3, 0.4) is 0 Å². The third-order valence-corrected chi connectivity index (χ3v) is 6.39. The van der Waals surface area contributed by atoms with Crippen molar-refractivity contribution in [2.24, 2.45) is 5.92 Å². The minimum Gasteiger partial charge on any atom is -0.354 e. The largest absolute Gasteiger partial charge is 0.354 e. The summed E-state index contributed by atoms with van der Waals surface area (Å²) in [5.41, 5.74) is 2.73. The molecule has 1 aromatic carbocycles. The van der Waals surface area contributed by atoms with Crippen LogP contribution in [0.4, 0.5) is 0 Å². The van der Waals surface area contributed by atoms with E-state index in [2.05, 4.69) is 57.3 Å². The number of hydrogen-bond acceptors (Lipinski definition) is 4. The van der Waals surface area contributed by atoms with Gasteiger partial charge >= 0.3 is 0 Å².